The molecule has 0 aliphatic heterocycles. The van der Waals surface area contributed by atoms with Crippen molar-refractivity contribution in [2.75, 3.05) is 11.9 Å². The average molecular weight is 286 g/mol. The SMILES string of the molecule is O=C(CNC1CCCC1)Nc1cccnc1-n1cncn1. The molecule has 0 saturated heterocycles. The Morgan fingerprint density at radius 3 is 3.00 bits per heavy atom. The third-order valence-electron chi connectivity index (χ3n) is 3.60. The maximum Gasteiger partial charge on any atom is 0.238 e. The van der Waals surface area contributed by atoms with Gasteiger partial charge in [-0.25, -0.2) is 14.6 Å². The summed E-state index contributed by atoms with van der Waals surface area (Å²) in [5.74, 6) is 0.487. The number of hydrogen-bond acceptors (Lipinski definition) is 5. The summed E-state index contributed by atoms with van der Waals surface area (Å²) in [5.41, 5.74) is 0.626. The number of pyridine rings is 1. The van der Waals surface area contributed by atoms with Crippen molar-refractivity contribution in [1.82, 2.24) is 25.1 Å². The lowest BCUT2D eigenvalue weighted by Crippen LogP contribution is -2.34. The first-order valence-electron chi connectivity index (χ1n) is 7.16. The fraction of sp³-hybridized carbons (Fsp3) is 0.429. The zero-order valence-corrected chi connectivity index (χ0v) is 11.7. The van der Waals surface area contributed by atoms with Gasteiger partial charge in [0.25, 0.3) is 0 Å². The lowest BCUT2D eigenvalue weighted by atomic mass is 10.2. The Morgan fingerprint density at radius 2 is 2.24 bits per heavy atom. The van der Waals surface area contributed by atoms with E-state index in [-0.39, 0.29) is 5.91 Å². The molecule has 7 heteroatoms. The van der Waals surface area contributed by atoms with Crippen molar-refractivity contribution in [3.63, 3.8) is 0 Å². The highest BCUT2D eigenvalue weighted by atomic mass is 16.1. The molecule has 1 aliphatic carbocycles. The van der Waals surface area contributed by atoms with Gasteiger partial charge in [0.15, 0.2) is 5.82 Å². The molecule has 1 fully saturated rings. The Labute approximate surface area is 122 Å². The quantitative estimate of drug-likeness (QED) is 0.860. The van der Waals surface area contributed by atoms with Gasteiger partial charge in [0.05, 0.1) is 12.2 Å². The Kier molecular flexibility index (Phi) is 4.20. The van der Waals surface area contributed by atoms with Gasteiger partial charge < -0.3 is 10.6 Å². The van der Waals surface area contributed by atoms with Crippen LogP contribution in [0.3, 0.4) is 0 Å². The van der Waals surface area contributed by atoms with Crippen molar-refractivity contribution in [3.05, 3.63) is 31.0 Å². The zero-order chi connectivity index (χ0) is 14.5. The van der Waals surface area contributed by atoms with Crippen LogP contribution in [0.25, 0.3) is 5.82 Å². The van der Waals surface area contributed by atoms with Gasteiger partial charge in [-0.1, -0.05) is 12.8 Å². The summed E-state index contributed by atoms with van der Waals surface area (Å²) in [5, 5.41) is 10.2. The summed E-state index contributed by atoms with van der Waals surface area (Å²) in [4.78, 5) is 20.2. The molecule has 110 valence electrons. The molecular weight excluding hydrogens is 268 g/mol. The number of anilines is 1. The van der Waals surface area contributed by atoms with E-state index in [9.17, 15) is 4.79 Å². The zero-order valence-electron chi connectivity index (χ0n) is 11.7. The molecule has 2 aromatic rings. The number of aromatic nitrogens is 4. The van der Waals surface area contributed by atoms with Crippen LogP contribution in [0.15, 0.2) is 31.0 Å². The van der Waals surface area contributed by atoms with E-state index in [0.29, 0.717) is 24.1 Å². The molecule has 2 N–H and O–H groups in total. The number of rotatable bonds is 5. The normalized spacial score (nSPS) is 15.2. The summed E-state index contributed by atoms with van der Waals surface area (Å²) < 4.78 is 1.53. The van der Waals surface area contributed by atoms with Crippen molar-refractivity contribution in [2.24, 2.45) is 0 Å². The minimum absolute atomic E-state index is 0.0729. The van der Waals surface area contributed by atoms with Gasteiger partial charge in [-0.3, -0.25) is 4.79 Å². The number of hydrogen-bond donors (Lipinski definition) is 2. The lowest BCUT2D eigenvalue weighted by Gasteiger charge is -2.13. The fourth-order valence-electron chi connectivity index (χ4n) is 2.56. The Balaban J connectivity index is 1.63. The third-order valence-corrected chi connectivity index (χ3v) is 3.60. The van der Waals surface area contributed by atoms with E-state index in [4.69, 9.17) is 0 Å². The number of carbonyl (C=O) groups is 1. The molecule has 0 aromatic carbocycles. The van der Waals surface area contributed by atoms with Crippen molar-refractivity contribution in [3.8, 4) is 5.82 Å². The minimum atomic E-state index is -0.0729. The van der Waals surface area contributed by atoms with Crippen LogP contribution >= 0.6 is 0 Å². The maximum atomic E-state index is 12.0. The van der Waals surface area contributed by atoms with Gasteiger partial charge in [0, 0.05) is 12.2 Å². The highest BCUT2D eigenvalue weighted by Crippen LogP contribution is 2.18. The average Bonchev–Trinajstić information content (AvgIpc) is 3.19. The summed E-state index contributed by atoms with van der Waals surface area (Å²) in [6.45, 7) is 0.316. The fourth-order valence-corrected chi connectivity index (χ4v) is 2.56. The van der Waals surface area contributed by atoms with Crippen molar-refractivity contribution in [2.45, 2.75) is 31.7 Å². The molecule has 3 rings (SSSR count). The largest absolute Gasteiger partial charge is 0.322 e. The summed E-state index contributed by atoms with van der Waals surface area (Å²) in [7, 11) is 0. The molecule has 0 spiro atoms. The predicted octanol–water partition coefficient (Wildman–Crippen LogP) is 1.13. The van der Waals surface area contributed by atoms with Crippen LogP contribution in [0, 0.1) is 0 Å². The molecular formula is C14H18N6O. The first-order chi connectivity index (χ1) is 10.3. The molecule has 1 saturated carbocycles. The van der Waals surface area contributed by atoms with Crippen LogP contribution in [0.2, 0.25) is 0 Å². The monoisotopic (exact) mass is 286 g/mol. The van der Waals surface area contributed by atoms with Crippen LogP contribution in [0.1, 0.15) is 25.7 Å². The standard InChI is InChI=1S/C14H18N6O/c21-13(8-17-11-4-1-2-5-11)19-12-6-3-7-16-14(12)20-10-15-9-18-20/h3,6-7,9-11,17H,1-2,4-5,8H2,(H,19,21). The smallest absolute Gasteiger partial charge is 0.238 e. The molecule has 7 nitrogen and oxygen atoms in total. The van der Waals surface area contributed by atoms with E-state index < -0.39 is 0 Å². The van der Waals surface area contributed by atoms with Gasteiger partial charge in [-0.2, -0.15) is 5.10 Å². The Hall–Kier alpha value is -2.28. The molecule has 0 radical (unpaired) electrons. The number of carbonyl (C=O) groups excluding carboxylic acids is 1. The Bertz CT molecular complexity index is 591. The van der Waals surface area contributed by atoms with Crippen molar-refractivity contribution < 1.29 is 4.79 Å². The summed E-state index contributed by atoms with van der Waals surface area (Å²) >= 11 is 0. The van der Waals surface area contributed by atoms with Crippen LogP contribution in [0.4, 0.5) is 5.69 Å². The number of amides is 1. The second kappa shape index (κ2) is 6.45. The molecule has 0 atom stereocenters. The molecule has 0 unspecified atom stereocenters. The second-order valence-electron chi connectivity index (χ2n) is 5.13. The Morgan fingerprint density at radius 1 is 1.38 bits per heavy atom. The lowest BCUT2D eigenvalue weighted by molar-refractivity contribution is -0.115. The first kappa shape index (κ1) is 13.7. The van der Waals surface area contributed by atoms with E-state index in [0.717, 1.165) is 12.8 Å². The maximum absolute atomic E-state index is 12.0. The van der Waals surface area contributed by atoms with Gasteiger partial charge in [-0.05, 0) is 25.0 Å². The van der Waals surface area contributed by atoms with Crippen molar-refractivity contribution >= 4 is 11.6 Å². The third kappa shape index (κ3) is 3.43. The highest BCUT2D eigenvalue weighted by molar-refractivity contribution is 5.93. The number of nitrogens with one attached hydrogen (secondary N) is 2. The van der Waals surface area contributed by atoms with E-state index in [1.54, 1.807) is 24.7 Å². The van der Waals surface area contributed by atoms with Crippen LogP contribution in [0.5, 0.6) is 0 Å². The van der Waals surface area contributed by atoms with E-state index in [1.807, 2.05) is 0 Å². The van der Waals surface area contributed by atoms with Crippen LogP contribution in [-0.4, -0.2) is 38.2 Å². The summed E-state index contributed by atoms with van der Waals surface area (Å²) in [6.07, 6.45) is 9.45. The molecule has 1 amide bonds. The van der Waals surface area contributed by atoms with Gasteiger partial charge >= 0.3 is 0 Å². The van der Waals surface area contributed by atoms with Gasteiger partial charge in [0.2, 0.25) is 5.91 Å². The van der Waals surface area contributed by atoms with Gasteiger partial charge in [0.1, 0.15) is 12.7 Å². The second-order valence-corrected chi connectivity index (χ2v) is 5.13. The van der Waals surface area contributed by atoms with Crippen molar-refractivity contribution in [1.29, 1.82) is 0 Å². The van der Waals surface area contributed by atoms with Crippen LogP contribution < -0.4 is 10.6 Å². The predicted molar refractivity (Wildman–Crippen MR) is 78.0 cm³/mol. The topological polar surface area (TPSA) is 84.7 Å². The van der Waals surface area contributed by atoms with Crippen LogP contribution in [-0.2, 0) is 4.79 Å². The summed E-state index contributed by atoms with van der Waals surface area (Å²) in [6, 6.07) is 4.05. The highest BCUT2D eigenvalue weighted by Gasteiger charge is 2.16. The molecule has 2 aromatic heterocycles. The molecule has 0 bridgehead atoms. The molecule has 21 heavy (non-hydrogen) atoms. The molecule has 1 aliphatic rings. The molecule has 2 heterocycles. The van der Waals surface area contributed by atoms with E-state index in [1.165, 1.54) is 23.9 Å². The van der Waals surface area contributed by atoms with E-state index in [2.05, 4.69) is 25.7 Å². The van der Waals surface area contributed by atoms with Gasteiger partial charge in [-0.15, -0.1) is 0 Å². The van der Waals surface area contributed by atoms with E-state index >= 15 is 0 Å². The first-order valence-corrected chi connectivity index (χ1v) is 7.16. The number of nitrogens with zero attached hydrogens (tertiary/aromatic N) is 4. The minimum Gasteiger partial charge on any atom is -0.322 e.